The van der Waals surface area contributed by atoms with Crippen molar-refractivity contribution in [2.24, 2.45) is 11.8 Å². The Morgan fingerprint density at radius 2 is 1.73 bits per heavy atom. The maximum Gasteiger partial charge on any atom is 0.416 e. The zero-order valence-electron chi connectivity index (χ0n) is 22.8. The standard InChI is InChI=1S/C28H36F3N3O4S2/c1-18(2)15-32-25-13-8-20(28(29,30)31)14-23(25)27(36)33-16-26(35)34-24-7-5-4-6-19(24)17-40(37,38)22-11-9-21(39-3)10-12-22/h8-14,18-19,24,32H,4-7,15-17H2,1-3H3,(H,33,36)(H,34,35). The summed E-state index contributed by atoms with van der Waals surface area (Å²) < 4.78 is 66.0. The first-order valence-corrected chi connectivity index (χ1v) is 16.1. The summed E-state index contributed by atoms with van der Waals surface area (Å²) in [4.78, 5) is 26.8. The fourth-order valence-electron chi connectivity index (χ4n) is 4.65. The van der Waals surface area contributed by atoms with Crippen molar-refractivity contribution in [3.63, 3.8) is 0 Å². The molecule has 220 valence electrons. The van der Waals surface area contributed by atoms with E-state index in [9.17, 15) is 31.2 Å². The number of sulfone groups is 1. The molecule has 0 aliphatic heterocycles. The molecule has 1 fully saturated rings. The Bertz CT molecular complexity index is 1280. The molecule has 0 spiro atoms. The largest absolute Gasteiger partial charge is 0.416 e. The second-order valence-electron chi connectivity index (χ2n) is 10.4. The second-order valence-corrected chi connectivity index (χ2v) is 13.3. The Hall–Kier alpha value is -2.73. The SMILES string of the molecule is CSc1ccc(S(=O)(=O)CC2CCCCC2NC(=O)CNC(=O)c2cc(C(F)(F)F)ccc2NCC(C)C)cc1. The fourth-order valence-corrected chi connectivity index (χ4v) is 6.76. The van der Waals surface area contributed by atoms with E-state index in [0.29, 0.717) is 19.4 Å². The summed E-state index contributed by atoms with van der Waals surface area (Å²) in [5.41, 5.74) is -0.938. The van der Waals surface area contributed by atoms with E-state index in [4.69, 9.17) is 0 Å². The number of carbonyl (C=O) groups is 2. The van der Waals surface area contributed by atoms with E-state index in [0.717, 1.165) is 29.9 Å². The van der Waals surface area contributed by atoms with Crippen molar-refractivity contribution >= 4 is 39.1 Å². The molecule has 12 heteroatoms. The number of alkyl halides is 3. The number of amides is 2. The summed E-state index contributed by atoms with van der Waals surface area (Å²) in [6.07, 6.45) is 0.179. The topological polar surface area (TPSA) is 104 Å². The second kappa shape index (κ2) is 13.8. The highest BCUT2D eigenvalue weighted by Gasteiger charge is 2.33. The van der Waals surface area contributed by atoms with Gasteiger partial charge in [0.1, 0.15) is 0 Å². The predicted octanol–water partition coefficient (Wildman–Crippen LogP) is 5.37. The lowest BCUT2D eigenvalue weighted by molar-refractivity contribution is -0.137. The van der Waals surface area contributed by atoms with Crippen LogP contribution in [-0.2, 0) is 20.8 Å². The quantitative estimate of drug-likeness (QED) is 0.300. The van der Waals surface area contributed by atoms with Crippen LogP contribution in [-0.4, -0.2) is 51.4 Å². The fraction of sp³-hybridized carbons (Fsp3) is 0.500. The van der Waals surface area contributed by atoms with E-state index in [1.165, 1.54) is 17.8 Å². The van der Waals surface area contributed by atoms with Crippen molar-refractivity contribution < 1.29 is 31.2 Å². The smallest absolute Gasteiger partial charge is 0.384 e. The lowest BCUT2D eigenvalue weighted by atomic mass is 9.86. The molecule has 1 aliphatic rings. The Morgan fingerprint density at radius 1 is 1.05 bits per heavy atom. The molecule has 0 heterocycles. The van der Waals surface area contributed by atoms with E-state index < -0.39 is 46.0 Å². The van der Waals surface area contributed by atoms with Crippen molar-refractivity contribution in [3.05, 3.63) is 53.6 Å². The van der Waals surface area contributed by atoms with Gasteiger partial charge in [-0.2, -0.15) is 13.2 Å². The Balaban J connectivity index is 1.65. The van der Waals surface area contributed by atoms with Crippen LogP contribution in [0.3, 0.4) is 0 Å². The lowest BCUT2D eigenvalue weighted by Crippen LogP contribution is -2.47. The normalized spacial score (nSPS) is 17.9. The summed E-state index contributed by atoms with van der Waals surface area (Å²) in [7, 11) is -3.58. The third kappa shape index (κ3) is 8.89. The number of rotatable bonds is 11. The molecule has 2 atom stereocenters. The van der Waals surface area contributed by atoms with Crippen molar-refractivity contribution in [1.29, 1.82) is 0 Å². The van der Waals surface area contributed by atoms with Gasteiger partial charge < -0.3 is 16.0 Å². The van der Waals surface area contributed by atoms with Gasteiger partial charge in [-0.25, -0.2) is 8.42 Å². The molecule has 3 N–H and O–H groups in total. The first-order chi connectivity index (χ1) is 18.8. The minimum atomic E-state index is -4.63. The monoisotopic (exact) mass is 599 g/mol. The van der Waals surface area contributed by atoms with Gasteiger partial charge >= 0.3 is 6.18 Å². The van der Waals surface area contributed by atoms with Crippen molar-refractivity contribution in [3.8, 4) is 0 Å². The number of thioether (sulfide) groups is 1. The summed E-state index contributed by atoms with van der Waals surface area (Å²) in [5.74, 6) is -1.57. The molecule has 2 amide bonds. The molecule has 0 aromatic heterocycles. The van der Waals surface area contributed by atoms with Crippen LogP contribution in [0.25, 0.3) is 0 Å². The molecular weight excluding hydrogens is 563 g/mol. The molecule has 0 radical (unpaired) electrons. The summed E-state index contributed by atoms with van der Waals surface area (Å²) in [6, 6.07) is 9.18. The molecule has 0 bridgehead atoms. The highest BCUT2D eigenvalue weighted by molar-refractivity contribution is 7.98. The third-order valence-electron chi connectivity index (χ3n) is 6.81. The van der Waals surface area contributed by atoms with Crippen LogP contribution in [0.2, 0.25) is 0 Å². The summed E-state index contributed by atoms with van der Waals surface area (Å²) >= 11 is 1.52. The molecule has 1 saturated carbocycles. The predicted molar refractivity (Wildman–Crippen MR) is 151 cm³/mol. The van der Waals surface area contributed by atoms with Gasteiger partial charge in [-0.05, 0) is 73.4 Å². The molecule has 2 aromatic rings. The van der Waals surface area contributed by atoms with Crippen LogP contribution >= 0.6 is 11.8 Å². The summed E-state index contributed by atoms with van der Waals surface area (Å²) in [6.45, 7) is 3.84. The lowest BCUT2D eigenvalue weighted by Gasteiger charge is -2.32. The van der Waals surface area contributed by atoms with Crippen molar-refractivity contribution in [2.75, 3.05) is 30.4 Å². The van der Waals surface area contributed by atoms with Crippen molar-refractivity contribution in [2.45, 2.75) is 61.5 Å². The minimum Gasteiger partial charge on any atom is -0.384 e. The van der Waals surface area contributed by atoms with E-state index in [-0.39, 0.29) is 33.7 Å². The van der Waals surface area contributed by atoms with E-state index in [1.54, 1.807) is 24.3 Å². The van der Waals surface area contributed by atoms with Crippen LogP contribution in [0.5, 0.6) is 0 Å². The van der Waals surface area contributed by atoms with Gasteiger partial charge in [-0.3, -0.25) is 9.59 Å². The van der Waals surface area contributed by atoms with Gasteiger partial charge in [0, 0.05) is 23.2 Å². The van der Waals surface area contributed by atoms with Gasteiger partial charge in [-0.15, -0.1) is 11.8 Å². The van der Waals surface area contributed by atoms with E-state index in [2.05, 4.69) is 16.0 Å². The molecule has 7 nitrogen and oxygen atoms in total. The first-order valence-electron chi connectivity index (χ1n) is 13.2. The Morgan fingerprint density at radius 3 is 2.35 bits per heavy atom. The molecular formula is C28H36F3N3O4S2. The first kappa shape index (κ1) is 31.8. The number of hydrogen-bond donors (Lipinski definition) is 3. The average Bonchev–Trinajstić information content (AvgIpc) is 2.91. The van der Waals surface area contributed by atoms with Crippen LogP contribution in [0.4, 0.5) is 18.9 Å². The van der Waals surface area contributed by atoms with Crippen LogP contribution in [0.15, 0.2) is 52.3 Å². The van der Waals surface area contributed by atoms with Crippen molar-refractivity contribution in [1.82, 2.24) is 10.6 Å². The molecule has 2 unspecified atom stereocenters. The van der Waals surface area contributed by atoms with Gasteiger partial charge in [0.05, 0.1) is 28.3 Å². The highest BCUT2D eigenvalue weighted by Crippen LogP contribution is 2.32. The highest BCUT2D eigenvalue weighted by atomic mass is 32.2. The van der Waals surface area contributed by atoms with Crippen LogP contribution in [0, 0.1) is 11.8 Å². The maximum absolute atomic E-state index is 13.3. The number of hydrogen-bond acceptors (Lipinski definition) is 6. The van der Waals surface area contributed by atoms with Crippen LogP contribution in [0.1, 0.15) is 55.5 Å². The number of halogens is 3. The molecule has 3 rings (SSSR count). The molecule has 0 saturated heterocycles. The number of carbonyl (C=O) groups excluding carboxylic acids is 2. The molecule has 2 aromatic carbocycles. The van der Waals surface area contributed by atoms with Gasteiger partial charge in [-0.1, -0.05) is 26.7 Å². The van der Waals surface area contributed by atoms with Crippen LogP contribution < -0.4 is 16.0 Å². The number of anilines is 1. The minimum absolute atomic E-state index is 0.113. The summed E-state index contributed by atoms with van der Waals surface area (Å²) in [5, 5.41) is 8.24. The van der Waals surface area contributed by atoms with E-state index >= 15 is 0 Å². The molecule has 1 aliphatic carbocycles. The Labute approximate surface area is 238 Å². The maximum atomic E-state index is 13.3. The van der Waals surface area contributed by atoms with Gasteiger partial charge in [0.25, 0.3) is 5.91 Å². The average molecular weight is 600 g/mol. The number of benzene rings is 2. The Kier molecular flexibility index (Phi) is 10.9. The zero-order valence-corrected chi connectivity index (χ0v) is 24.4. The zero-order chi connectivity index (χ0) is 29.5. The third-order valence-corrected chi connectivity index (χ3v) is 9.41. The molecule has 40 heavy (non-hydrogen) atoms. The van der Waals surface area contributed by atoms with Gasteiger partial charge in [0.2, 0.25) is 5.91 Å². The number of nitrogens with one attached hydrogen (secondary N) is 3. The van der Waals surface area contributed by atoms with Gasteiger partial charge in [0.15, 0.2) is 9.84 Å². The van der Waals surface area contributed by atoms with E-state index in [1.807, 2.05) is 20.1 Å².